The molecule has 5 nitrogen and oxygen atoms in total. The maximum atomic E-state index is 12.6. The van der Waals surface area contributed by atoms with Crippen LogP contribution in [0.2, 0.25) is 0 Å². The minimum Gasteiger partial charge on any atom is -0.465 e. The maximum Gasteiger partial charge on any atom is 0.335 e. The van der Waals surface area contributed by atoms with Crippen LogP contribution in [0.1, 0.15) is 137 Å². The van der Waals surface area contributed by atoms with Gasteiger partial charge < -0.3 is 9.47 Å². The maximum absolute atomic E-state index is 12.6. The zero-order valence-electron chi connectivity index (χ0n) is 22.6. The first-order valence-electron chi connectivity index (χ1n) is 14.1. The van der Waals surface area contributed by atoms with Gasteiger partial charge in [0.2, 0.25) is 0 Å². The van der Waals surface area contributed by atoms with Gasteiger partial charge in [-0.15, -0.1) is 0 Å². The van der Waals surface area contributed by atoms with E-state index in [0.717, 1.165) is 31.4 Å². The predicted octanol–water partition coefficient (Wildman–Crippen LogP) is 8.11. The molecule has 5 heteroatoms. The minimum atomic E-state index is -0.483. The second-order valence-electron chi connectivity index (χ2n) is 9.83. The molecule has 1 atom stereocenters. The van der Waals surface area contributed by atoms with Crippen molar-refractivity contribution in [2.24, 2.45) is 10.9 Å². The number of carbonyl (C=O) groups is 2. The SMILES string of the molecule is CCCCCCCCCCOC(=O)C1=C(C)N=C(C)C(C(=O)OCCCCCCCCCC)C1. The minimum absolute atomic E-state index is 0.273. The van der Waals surface area contributed by atoms with E-state index in [0.29, 0.717) is 30.9 Å². The molecule has 0 aromatic carbocycles. The number of carbonyl (C=O) groups excluding carboxylic acids is 2. The normalized spacial score (nSPS) is 15.9. The van der Waals surface area contributed by atoms with Crippen molar-refractivity contribution in [3.63, 3.8) is 0 Å². The molecule has 0 bridgehead atoms. The van der Waals surface area contributed by atoms with E-state index >= 15 is 0 Å². The Morgan fingerprint density at radius 1 is 0.706 bits per heavy atom. The number of rotatable bonds is 20. The van der Waals surface area contributed by atoms with E-state index in [1.54, 1.807) is 0 Å². The summed E-state index contributed by atoms with van der Waals surface area (Å²) in [6.45, 7) is 8.99. The van der Waals surface area contributed by atoms with E-state index in [2.05, 4.69) is 18.8 Å². The Morgan fingerprint density at radius 2 is 1.15 bits per heavy atom. The molecule has 196 valence electrons. The van der Waals surface area contributed by atoms with Gasteiger partial charge in [-0.2, -0.15) is 0 Å². The van der Waals surface area contributed by atoms with Gasteiger partial charge in [0.1, 0.15) is 0 Å². The summed E-state index contributed by atoms with van der Waals surface area (Å²) in [5, 5.41) is 0. The standard InChI is InChI=1S/C29H51NO4/c1-5-7-9-11-13-15-17-19-21-33-28(31)26-23-27(25(4)30-24(26)3)29(32)34-22-20-18-16-14-12-10-8-6-2/h26H,5-23H2,1-4H3. The molecule has 0 fully saturated rings. The van der Waals surface area contributed by atoms with Gasteiger partial charge in [-0.1, -0.05) is 104 Å². The van der Waals surface area contributed by atoms with E-state index in [-0.39, 0.29) is 11.9 Å². The molecule has 1 aliphatic heterocycles. The van der Waals surface area contributed by atoms with Crippen molar-refractivity contribution in [1.82, 2.24) is 0 Å². The second kappa shape index (κ2) is 19.6. The molecule has 0 aliphatic carbocycles. The highest BCUT2D eigenvalue weighted by Gasteiger charge is 2.31. The van der Waals surface area contributed by atoms with Crippen molar-refractivity contribution in [1.29, 1.82) is 0 Å². The molecule has 1 aliphatic rings. The Hall–Kier alpha value is -1.65. The van der Waals surface area contributed by atoms with E-state index < -0.39 is 5.92 Å². The average molecular weight is 478 g/mol. The van der Waals surface area contributed by atoms with Crippen molar-refractivity contribution in [2.45, 2.75) is 137 Å². The molecule has 0 saturated heterocycles. The van der Waals surface area contributed by atoms with Gasteiger partial charge in [0.05, 0.1) is 24.7 Å². The van der Waals surface area contributed by atoms with Gasteiger partial charge >= 0.3 is 11.9 Å². The monoisotopic (exact) mass is 477 g/mol. The lowest BCUT2D eigenvalue weighted by Gasteiger charge is -2.22. The number of ether oxygens (including phenoxy) is 2. The zero-order valence-corrected chi connectivity index (χ0v) is 22.6. The van der Waals surface area contributed by atoms with Crippen molar-refractivity contribution < 1.29 is 19.1 Å². The predicted molar refractivity (Wildman–Crippen MR) is 141 cm³/mol. The Kier molecular flexibility index (Phi) is 17.5. The molecule has 1 unspecified atom stereocenters. The third-order valence-corrected chi connectivity index (χ3v) is 6.70. The number of hydrogen-bond donors (Lipinski definition) is 0. The molecule has 0 N–H and O–H groups in total. The highest BCUT2D eigenvalue weighted by atomic mass is 16.5. The lowest BCUT2D eigenvalue weighted by Crippen LogP contribution is -2.30. The van der Waals surface area contributed by atoms with E-state index in [1.807, 2.05) is 13.8 Å². The highest BCUT2D eigenvalue weighted by molar-refractivity contribution is 6.04. The first-order valence-corrected chi connectivity index (χ1v) is 14.1. The number of hydrogen-bond acceptors (Lipinski definition) is 5. The van der Waals surface area contributed by atoms with Crippen LogP contribution in [-0.2, 0) is 19.1 Å². The zero-order chi connectivity index (χ0) is 25.0. The van der Waals surface area contributed by atoms with Crippen LogP contribution in [0.25, 0.3) is 0 Å². The summed E-state index contributed by atoms with van der Waals surface area (Å²) in [5.74, 6) is -1.09. The fraction of sp³-hybridized carbons (Fsp3) is 0.828. The average Bonchev–Trinajstić information content (AvgIpc) is 2.81. The van der Waals surface area contributed by atoms with Crippen LogP contribution < -0.4 is 0 Å². The molecule has 0 spiro atoms. The Bertz CT molecular complexity index is 638. The lowest BCUT2D eigenvalue weighted by atomic mass is 9.91. The summed E-state index contributed by atoms with van der Waals surface area (Å²) in [6, 6.07) is 0. The number of esters is 2. The number of aliphatic imine (C=N–C) groups is 1. The van der Waals surface area contributed by atoms with E-state index in [4.69, 9.17) is 9.47 Å². The molecule has 34 heavy (non-hydrogen) atoms. The third kappa shape index (κ3) is 13.3. The summed E-state index contributed by atoms with van der Waals surface area (Å²) in [6.07, 6.45) is 19.6. The molecule has 0 saturated carbocycles. The van der Waals surface area contributed by atoms with Gasteiger partial charge in [-0.25, -0.2) is 4.79 Å². The molecule has 0 aromatic rings. The topological polar surface area (TPSA) is 65.0 Å². The summed E-state index contributed by atoms with van der Waals surface area (Å²) >= 11 is 0. The molecular weight excluding hydrogens is 426 g/mol. The first-order chi connectivity index (χ1) is 16.5. The summed E-state index contributed by atoms with van der Waals surface area (Å²) in [7, 11) is 0. The lowest BCUT2D eigenvalue weighted by molar-refractivity contribution is -0.146. The Balaban J connectivity index is 2.27. The van der Waals surface area contributed by atoms with Crippen LogP contribution in [0.5, 0.6) is 0 Å². The molecule has 1 heterocycles. The Morgan fingerprint density at radius 3 is 1.65 bits per heavy atom. The number of unbranched alkanes of at least 4 members (excludes halogenated alkanes) is 14. The fourth-order valence-corrected chi connectivity index (χ4v) is 4.39. The van der Waals surface area contributed by atoms with Crippen LogP contribution in [0.3, 0.4) is 0 Å². The van der Waals surface area contributed by atoms with Crippen molar-refractivity contribution >= 4 is 17.7 Å². The van der Waals surface area contributed by atoms with E-state index in [1.165, 1.54) is 77.0 Å². The molecule has 1 rings (SSSR count). The molecule has 0 aromatic heterocycles. The van der Waals surface area contributed by atoms with Gasteiger partial charge in [0.25, 0.3) is 0 Å². The van der Waals surface area contributed by atoms with Crippen LogP contribution >= 0.6 is 0 Å². The summed E-state index contributed by atoms with van der Waals surface area (Å²) in [5.41, 5.74) is 1.89. The molecule has 0 radical (unpaired) electrons. The molecular formula is C29H51NO4. The Labute approximate surface area is 209 Å². The number of allylic oxidation sites excluding steroid dienone is 1. The quantitative estimate of drug-likeness (QED) is 0.131. The fourth-order valence-electron chi connectivity index (χ4n) is 4.39. The largest absolute Gasteiger partial charge is 0.465 e. The van der Waals surface area contributed by atoms with Gasteiger partial charge in [-0.3, -0.25) is 9.79 Å². The summed E-state index contributed by atoms with van der Waals surface area (Å²) < 4.78 is 11.0. The van der Waals surface area contributed by atoms with Crippen molar-refractivity contribution in [3.8, 4) is 0 Å². The smallest absolute Gasteiger partial charge is 0.335 e. The summed E-state index contributed by atoms with van der Waals surface area (Å²) in [4.78, 5) is 29.7. The first kappa shape index (κ1) is 30.4. The van der Waals surface area contributed by atoms with Crippen molar-refractivity contribution in [2.75, 3.05) is 13.2 Å². The number of nitrogens with zero attached hydrogens (tertiary/aromatic N) is 1. The van der Waals surface area contributed by atoms with Crippen LogP contribution in [-0.4, -0.2) is 30.9 Å². The van der Waals surface area contributed by atoms with E-state index in [9.17, 15) is 9.59 Å². The molecule has 0 amide bonds. The second-order valence-corrected chi connectivity index (χ2v) is 9.83. The van der Waals surface area contributed by atoms with Crippen LogP contribution in [0.15, 0.2) is 16.3 Å². The van der Waals surface area contributed by atoms with Crippen LogP contribution in [0.4, 0.5) is 0 Å². The van der Waals surface area contributed by atoms with Gasteiger partial charge in [-0.05, 0) is 33.1 Å². The third-order valence-electron chi connectivity index (χ3n) is 6.70. The highest BCUT2D eigenvalue weighted by Crippen LogP contribution is 2.26. The van der Waals surface area contributed by atoms with Crippen LogP contribution in [0, 0.1) is 5.92 Å². The van der Waals surface area contributed by atoms with Gasteiger partial charge in [0.15, 0.2) is 0 Å². The van der Waals surface area contributed by atoms with Crippen molar-refractivity contribution in [3.05, 3.63) is 11.3 Å². The van der Waals surface area contributed by atoms with Gasteiger partial charge in [0, 0.05) is 11.4 Å².